The Morgan fingerprint density at radius 3 is 2.61 bits per heavy atom. The zero-order chi connectivity index (χ0) is 22.4. The van der Waals surface area contributed by atoms with Gasteiger partial charge in [0.05, 0.1) is 13.7 Å². The third-order valence-corrected chi connectivity index (χ3v) is 6.05. The quantitative estimate of drug-likeness (QED) is 0.612. The summed E-state index contributed by atoms with van der Waals surface area (Å²) in [6.45, 7) is 2.44. The summed E-state index contributed by atoms with van der Waals surface area (Å²) in [5, 5.41) is 13.7. The topological polar surface area (TPSA) is 84.9 Å². The maximum Gasteiger partial charge on any atom is 0.331 e. The van der Waals surface area contributed by atoms with Gasteiger partial charge in [-0.2, -0.15) is 0 Å². The minimum absolute atomic E-state index is 0.0585. The van der Waals surface area contributed by atoms with Crippen molar-refractivity contribution >= 4 is 23.5 Å². The van der Waals surface area contributed by atoms with Gasteiger partial charge in [-0.25, -0.2) is 4.79 Å². The van der Waals surface area contributed by atoms with Crippen LogP contribution in [0.3, 0.4) is 0 Å². The third kappa shape index (κ3) is 5.70. The Morgan fingerprint density at radius 2 is 1.94 bits per heavy atom. The maximum absolute atomic E-state index is 12.9. The summed E-state index contributed by atoms with van der Waals surface area (Å²) in [5.74, 6) is -0.178. The molecule has 1 amide bonds. The van der Waals surface area contributed by atoms with Crippen LogP contribution in [0.4, 0.5) is 0 Å². The number of ether oxygens (including phenoxy) is 2. The van der Waals surface area contributed by atoms with E-state index in [2.05, 4.69) is 12.2 Å². The molecule has 0 atom stereocenters. The van der Waals surface area contributed by atoms with E-state index < -0.39 is 17.4 Å². The Labute approximate surface area is 187 Å². The summed E-state index contributed by atoms with van der Waals surface area (Å²) in [4.78, 5) is 25.4. The number of methoxy groups -OCH3 is 1. The van der Waals surface area contributed by atoms with Crippen LogP contribution in [-0.2, 0) is 16.0 Å². The van der Waals surface area contributed by atoms with Crippen molar-refractivity contribution in [2.75, 3.05) is 13.7 Å². The average Bonchev–Trinajstić information content (AvgIpc) is 2.76. The van der Waals surface area contributed by atoms with E-state index in [-0.39, 0.29) is 11.5 Å². The van der Waals surface area contributed by atoms with E-state index in [9.17, 15) is 14.7 Å². The van der Waals surface area contributed by atoms with Crippen LogP contribution in [0.2, 0.25) is 5.02 Å². The number of hydrogen-bond acceptors (Lipinski definition) is 5. The van der Waals surface area contributed by atoms with Crippen molar-refractivity contribution in [2.24, 2.45) is 5.92 Å². The Balaban J connectivity index is 1.69. The molecule has 2 N–H and O–H groups in total. The minimum Gasteiger partial charge on any atom is -0.504 e. The molecule has 0 aromatic heterocycles. The van der Waals surface area contributed by atoms with Gasteiger partial charge >= 0.3 is 5.97 Å². The number of esters is 1. The van der Waals surface area contributed by atoms with Crippen LogP contribution in [0.1, 0.15) is 48.5 Å². The van der Waals surface area contributed by atoms with E-state index in [1.165, 1.54) is 25.3 Å². The Hall–Kier alpha value is -2.73. The first-order valence-electron chi connectivity index (χ1n) is 10.4. The molecule has 0 aliphatic heterocycles. The zero-order valence-electron chi connectivity index (χ0n) is 17.8. The van der Waals surface area contributed by atoms with Crippen LogP contribution >= 0.6 is 11.6 Å². The number of carbonyl (C=O) groups is 2. The van der Waals surface area contributed by atoms with Gasteiger partial charge in [0.15, 0.2) is 11.5 Å². The molecule has 0 unspecified atom stereocenters. The highest BCUT2D eigenvalue weighted by atomic mass is 35.5. The molecule has 1 aliphatic carbocycles. The molecule has 0 saturated heterocycles. The van der Waals surface area contributed by atoms with Crippen LogP contribution < -0.4 is 10.1 Å². The first-order valence-corrected chi connectivity index (χ1v) is 10.8. The van der Waals surface area contributed by atoms with E-state index in [0.717, 1.165) is 18.4 Å². The molecular formula is C24H28ClNO5. The third-order valence-electron chi connectivity index (χ3n) is 5.82. The predicted octanol–water partition coefficient (Wildman–Crippen LogP) is 4.52. The van der Waals surface area contributed by atoms with Gasteiger partial charge in [-0.05, 0) is 67.5 Å². The van der Waals surface area contributed by atoms with Gasteiger partial charge in [0, 0.05) is 17.0 Å². The first-order chi connectivity index (χ1) is 14.8. The van der Waals surface area contributed by atoms with Crippen molar-refractivity contribution in [3.05, 3.63) is 58.6 Å². The summed E-state index contributed by atoms with van der Waals surface area (Å²) >= 11 is 6.00. The molecule has 6 nitrogen and oxygen atoms in total. The second-order valence-electron chi connectivity index (χ2n) is 8.12. The van der Waals surface area contributed by atoms with Crippen molar-refractivity contribution < 1.29 is 24.2 Å². The minimum atomic E-state index is -1.02. The first kappa shape index (κ1) is 22.9. The molecular weight excluding hydrogens is 418 g/mol. The van der Waals surface area contributed by atoms with Gasteiger partial charge in [0.25, 0.3) is 5.91 Å². The van der Waals surface area contributed by atoms with Crippen LogP contribution in [0.5, 0.6) is 11.5 Å². The number of aromatic hydroxyl groups is 1. The molecule has 0 heterocycles. The van der Waals surface area contributed by atoms with Gasteiger partial charge in [0.1, 0.15) is 5.54 Å². The molecule has 1 aliphatic rings. The molecule has 0 spiro atoms. The van der Waals surface area contributed by atoms with Crippen LogP contribution in [0.15, 0.2) is 42.5 Å². The van der Waals surface area contributed by atoms with Gasteiger partial charge in [-0.15, -0.1) is 0 Å². The SMILES string of the molecule is COC(=O)C1(NC(=O)c2ccc(O)c(OCCc3cccc(Cl)c3)c2)CCC(C)CC1. The fraction of sp³-hybridized carbons (Fsp3) is 0.417. The van der Waals surface area contributed by atoms with Crippen LogP contribution in [0.25, 0.3) is 0 Å². The lowest BCUT2D eigenvalue weighted by molar-refractivity contribution is -0.150. The van der Waals surface area contributed by atoms with E-state index in [1.807, 2.05) is 18.2 Å². The molecule has 0 radical (unpaired) electrons. The molecule has 0 bridgehead atoms. The number of phenols is 1. The van der Waals surface area contributed by atoms with Gasteiger partial charge < -0.3 is 19.9 Å². The number of rotatable bonds is 7. The fourth-order valence-corrected chi connectivity index (χ4v) is 4.08. The number of benzene rings is 2. The summed E-state index contributed by atoms with van der Waals surface area (Å²) in [5.41, 5.74) is 0.286. The van der Waals surface area contributed by atoms with E-state index in [4.69, 9.17) is 21.1 Å². The van der Waals surface area contributed by atoms with E-state index in [1.54, 1.807) is 6.07 Å². The lowest BCUT2D eigenvalue weighted by atomic mass is 9.77. The fourth-order valence-electron chi connectivity index (χ4n) is 3.86. The lowest BCUT2D eigenvalue weighted by Gasteiger charge is -2.37. The Kier molecular flexibility index (Phi) is 7.44. The highest BCUT2D eigenvalue weighted by Gasteiger charge is 2.43. The molecule has 31 heavy (non-hydrogen) atoms. The van der Waals surface area contributed by atoms with E-state index in [0.29, 0.717) is 42.4 Å². The van der Waals surface area contributed by atoms with Gasteiger partial charge in [0.2, 0.25) is 0 Å². The summed E-state index contributed by atoms with van der Waals surface area (Å²) < 4.78 is 10.7. The molecule has 1 fully saturated rings. The number of phenolic OH excluding ortho intramolecular Hbond substituents is 1. The van der Waals surface area contributed by atoms with Crippen molar-refractivity contribution in [3.63, 3.8) is 0 Å². The molecule has 7 heteroatoms. The van der Waals surface area contributed by atoms with Crippen molar-refractivity contribution in [1.82, 2.24) is 5.32 Å². The summed E-state index contributed by atoms with van der Waals surface area (Å²) in [7, 11) is 1.33. The standard InChI is InChI=1S/C24H28ClNO5/c1-16-8-11-24(12-9-16,23(29)30-2)26-22(28)18-6-7-20(27)21(15-18)31-13-10-17-4-3-5-19(25)14-17/h3-7,14-16,27H,8-13H2,1-2H3,(H,26,28). The Morgan fingerprint density at radius 1 is 1.19 bits per heavy atom. The monoisotopic (exact) mass is 445 g/mol. The van der Waals surface area contributed by atoms with Crippen LogP contribution in [-0.4, -0.2) is 36.2 Å². The Bertz CT molecular complexity index is 937. The second-order valence-corrected chi connectivity index (χ2v) is 8.56. The average molecular weight is 446 g/mol. The van der Waals surface area contributed by atoms with E-state index >= 15 is 0 Å². The second kappa shape index (κ2) is 10.1. The largest absolute Gasteiger partial charge is 0.504 e. The highest BCUT2D eigenvalue weighted by molar-refractivity contribution is 6.30. The number of hydrogen-bond donors (Lipinski definition) is 2. The molecule has 3 rings (SSSR count). The zero-order valence-corrected chi connectivity index (χ0v) is 18.6. The summed E-state index contributed by atoms with van der Waals surface area (Å²) in [6.07, 6.45) is 3.34. The number of halogens is 1. The smallest absolute Gasteiger partial charge is 0.331 e. The normalized spacial score (nSPS) is 20.7. The van der Waals surface area contributed by atoms with Gasteiger partial charge in [-0.3, -0.25) is 4.79 Å². The maximum atomic E-state index is 12.9. The van der Waals surface area contributed by atoms with Crippen molar-refractivity contribution in [3.8, 4) is 11.5 Å². The molecule has 2 aromatic rings. The van der Waals surface area contributed by atoms with Crippen molar-refractivity contribution in [2.45, 2.75) is 44.6 Å². The summed E-state index contributed by atoms with van der Waals surface area (Å²) in [6, 6.07) is 11.9. The molecule has 2 aromatic carbocycles. The van der Waals surface area contributed by atoms with Crippen LogP contribution in [0, 0.1) is 5.92 Å². The number of carbonyl (C=O) groups excluding carboxylic acids is 2. The molecule has 166 valence electrons. The highest BCUT2D eigenvalue weighted by Crippen LogP contribution is 2.34. The lowest BCUT2D eigenvalue weighted by Crippen LogP contribution is -2.56. The molecule has 1 saturated carbocycles. The van der Waals surface area contributed by atoms with Crippen molar-refractivity contribution in [1.29, 1.82) is 0 Å². The number of amides is 1. The predicted molar refractivity (Wildman–Crippen MR) is 119 cm³/mol. The number of nitrogens with one attached hydrogen (secondary N) is 1. The van der Waals surface area contributed by atoms with Gasteiger partial charge in [-0.1, -0.05) is 30.7 Å².